The first-order valence-corrected chi connectivity index (χ1v) is 16.8. The average Bonchev–Trinajstić information content (AvgIpc) is 3.69. The van der Waals surface area contributed by atoms with Gasteiger partial charge in [-0.2, -0.15) is 0 Å². The molecular formula is C46H31N3. The van der Waals surface area contributed by atoms with Crippen LogP contribution in [0.25, 0.3) is 65.8 Å². The van der Waals surface area contributed by atoms with E-state index in [-0.39, 0.29) is 0 Å². The van der Waals surface area contributed by atoms with Crippen LogP contribution in [0.5, 0.6) is 0 Å². The lowest BCUT2D eigenvalue weighted by Gasteiger charge is -2.28. The molecule has 0 fully saturated rings. The fraction of sp³-hybridized carbons (Fsp3) is 0. The fourth-order valence-corrected chi connectivity index (χ4v) is 7.79. The predicted octanol–water partition coefficient (Wildman–Crippen LogP) is 12.5. The van der Waals surface area contributed by atoms with E-state index in [2.05, 4.69) is 202 Å². The number of hydrogen-bond acceptors (Lipinski definition) is 1. The second-order valence-electron chi connectivity index (χ2n) is 12.6. The van der Waals surface area contributed by atoms with Crippen LogP contribution in [0.2, 0.25) is 0 Å². The Morgan fingerprint density at radius 2 is 0.837 bits per heavy atom. The van der Waals surface area contributed by atoms with Crippen LogP contribution in [-0.4, -0.2) is 9.13 Å². The van der Waals surface area contributed by atoms with Gasteiger partial charge in [-0.05, 0) is 72.1 Å². The molecule has 0 bridgehead atoms. The van der Waals surface area contributed by atoms with E-state index in [0.29, 0.717) is 0 Å². The minimum atomic E-state index is 1.11. The molecule has 8 aromatic carbocycles. The third-order valence-electron chi connectivity index (χ3n) is 9.87. The van der Waals surface area contributed by atoms with E-state index in [1.54, 1.807) is 0 Å². The summed E-state index contributed by atoms with van der Waals surface area (Å²) in [4.78, 5) is 2.47. The quantitative estimate of drug-likeness (QED) is 0.185. The Morgan fingerprint density at radius 1 is 0.327 bits per heavy atom. The summed E-state index contributed by atoms with van der Waals surface area (Å²) in [5.74, 6) is 0. The van der Waals surface area contributed by atoms with Gasteiger partial charge in [0.1, 0.15) is 0 Å². The molecule has 2 aromatic heterocycles. The van der Waals surface area contributed by atoms with E-state index in [1.165, 1.54) is 54.4 Å². The average molecular weight is 626 g/mol. The standard InChI is InChI=1S/C46H31N3/c1-3-17-33(18-4-1)47-42-25-11-10-23-38(42)40-31-35(29-30-44(40)47)48(41-27-13-16-32-15-7-8-21-36(32)41)45-28-14-24-39-37-22-9-12-26-43(37)49(46(39)45)34-19-5-2-6-20-34/h1-31H. The second kappa shape index (κ2) is 11.0. The molecular weight excluding hydrogens is 595 g/mol. The number of aromatic nitrogens is 2. The van der Waals surface area contributed by atoms with Gasteiger partial charge in [-0.1, -0.05) is 121 Å². The molecule has 0 aliphatic heterocycles. The van der Waals surface area contributed by atoms with Gasteiger partial charge in [0.05, 0.1) is 33.4 Å². The van der Waals surface area contributed by atoms with Crippen molar-refractivity contribution in [2.24, 2.45) is 0 Å². The number of rotatable bonds is 5. The molecule has 0 atom stereocenters. The maximum atomic E-state index is 2.47. The van der Waals surface area contributed by atoms with Crippen molar-refractivity contribution < 1.29 is 0 Å². The Bertz CT molecular complexity index is 2820. The molecule has 0 N–H and O–H groups in total. The molecule has 10 rings (SSSR count). The van der Waals surface area contributed by atoms with Crippen LogP contribution < -0.4 is 4.90 Å². The number of fused-ring (bicyclic) bond motifs is 7. The van der Waals surface area contributed by atoms with Crippen LogP contribution in [-0.2, 0) is 0 Å². The van der Waals surface area contributed by atoms with Crippen LogP contribution in [0.3, 0.4) is 0 Å². The molecule has 2 heterocycles. The zero-order chi connectivity index (χ0) is 32.3. The zero-order valence-corrected chi connectivity index (χ0v) is 26.7. The van der Waals surface area contributed by atoms with E-state index in [9.17, 15) is 0 Å². The first-order valence-electron chi connectivity index (χ1n) is 16.8. The molecule has 0 amide bonds. The molecule has 3 heteroatoms. The maximum absolute atomic E-state index is 2.47. The molecule has 49 heavy (non-hydrogen) atoms. The van der Waals surface area contributed by atoms with Gasteiger partial charge < -0.3 is 14.0 Å². The highest BCUT2D eigenvalue weighted by atomic mass is 15.2. The zero-order valence-electron chi connectivity index (χ0n) is 26.7. The normalized spacial score (nSPS) is 11.7. The van der Waals surface area contributed by atoms with E-state index in [4.69, 9.17) is 0 Å². The van der Waals surface area contributed by atoms with Gasteiger partial charge in [0.15, 0.2) is 0 Å². The van der Waals surface area contributed by atoms with Crippen LogP contribution in [0.4, 0.5) is 17.1 Å². The molecule has 0 saturated heterocycles. The first kappa shape index (κ1) is 27.5. The minimum Gasteiger partial charge on any atom is -0.309 e. The summed E-state index contributed by atoms with van der Waals surface area (Å²) >= 11 is 0. The highest BCUT2D eigenvalue weighted by molar-refractivity contribution is 6.16. The lowest BCUT2D eigenvalue weighted by atomic mass is 10.0. The van der Waals surface area contributed by atoms with Crippen molar-refractivity contribution in [2.75, 3.05) is 4.90 Å². The molecule has 10 aromatic rings. The summed E-state index contributed by atoms with van der Waals surface area (Å²) in [7, 11) is 0. The molecule has 0 unspecified atom stereocenters. The molecule has 3 nitrogen and oxygen atoms in total. The predicted molar refractivity (Wildman–Crippen MR) is 207 cm³/mol. The van der Waals surface area contributed by atoms with Crippen LogP contribution in [0.15, 0.2) is 188 Å². The van der Waals surface area contributed by atoms with Gasteiger partial charge in [-0.3, -0.25) is 0 Å². The number of anilines is 3. The van der Waals surface area contributed by atoms with Gasteiger partial charge in [-0.25, -0.2) is 0 Å². The van der Waals surface area contributed by atoms with E-state index in [1.807, 2.05) is 0 Å². The van der Waals surface area contributed by atoms with Crippen molar-refractivity contribution >= 4 is 71.4 Å². The third kappa shape index (κ3) is 4.23. The molecule has 0 aliphatic carbocycles. The first-order chi connectivity index (χ1) is 24.3. The van der Waals surface area contributed by atoms with E-state index < -0.39 is 0 Å². The second-order valence-corrected chi connectivity index (χ2v) is 12.6. The monoisotopic (exact) mass is 625 g/mol. The van der Waals surface area contributed by atoms with Crippen molar-refractivity contribution in [3.05, 3.63) is 188 Å². The molecule has 0 aliphatic rings. The van der Waals surface area contributed by atoms with Crippen LogP contribution >= 0.6 is 0 Å². The molecule has 0 saturated carbocycles. The van der Waals surface area contributed by atoms with Gasteiger partial charge in [0.25, 0.3) is 0 Å². The highest BCUT2D eigenvalue weighted by Crippen LogP contribution is 2.46. The Morgan fingerprint density at radius 3 is 1.59 bits per heavy atom. The van der Waals surface area contributed by atoms with Crippen molar-refractivity contribution in [3.63, 3.8) is 0 Å². The highest BCUT2D eigenvalue weighted by Gasteiger charge is 2.23. The van der Waals surface area contributed by atoms with Crippen molar-refractivity contribution in [1.82, 2.24) is 9.13 Å². The van der Waals surface area contributed by atoms with Gasteiger partial charge >= 0.3 is 0 Å². The number of nitrogens with zero attached hydrogens (tertiary/aromatic N) is 3. The van der Waals surface area contributed by atoms with Crippen molar-refractivity contribution in [2.45, 2.75) is 0 Å². The summed E-state index contributed by atoms with van der Waals surface area (Å²) in [5, 5.41) is 7.33. The SMILES string of the molecule is c1ccc(-n2c3ccccc3c3cc(N(c4cccc5ccccc45)c4cccc5c6ccccc6n(-c6ccccc6)c45)ccc32)cc1. The van der Waals surface area contributed by atoms with E-state index in [0.717, 1.165) is 28.4 Å². The number of hydrogen-bond donors (Lipinski definition) is 0. The summed E-state index contributed by atoms with van der Waals surface area (Å²) in [6.45, 7) is 0. The number of benzene rings is 8. The minimum absolute atomic E-state index is 1.11. The van der Waals surface area contributed by atoms with Gasteiger partial charge in [-0.15, -0.1) is 0 Å². The Labute approximate surface area is 284 Å². The number of para-hydroxylation sites is 5. The third-order valence-corrected chi connectivity index (χ3v) is 9.87. The summed E-state index contributed by atoms with van der Waals surface area (Å²) in [6.07, 6.45) is 0. The van der Waals surface area contributed by atoms with Gasteiger partial charge in [0.2, 0.25) is 0 Å². The lowest BCUT2D eigenvalue weighted by Crippen LogP contribution is -2.12. The Kier molecular flexibility index (Phi) is 6.18. The molecule has 0 radical (unpaired) electrons. The van der Waals surface area contributed by atoms with E-state index >= 15 is 0 Å². The van der Waals surface area contributed by atoms with Crippen LogP contribution in [0, 0.1) is 0 Å². The summed E-state index contributed by atoms with van der Waals surface area (Å²) in [5.41, 5.74) is 10.4. The van der Waals surface area contributed by atoms with Gasteiger partial charge in [0, 0.05) is 44.0 Å². The maximum Gasteiger partial charge on any atom is 0.0782 e. The summed E-state index contributed by atoms with van der Waals surface area (Å²) < 4.78 is 4.81. The van der Waals surface area contributed by atoms with Crippen LogP contribution in [0.1, 0.15) is 0 Å². The molecule has 230 valence electrons. The Hall–Kier alpha value is -6.58. The fourth-order valence-electron chi connectivity index (χ4n) is 7.79. The van der Waals surface area contributed by atoms with Crippen molar-refractivity contribution in [3.8, 4) is 11.4 Å². The summed E-state index contributed by atoms with van der Waals surface area (Å²) in [6, 6.07) is 68.0. The smallest absolute Gasteiger partial charge is 0.0782 e. The Balaban J connectivity index is 1.33. The largest absolute Gasteiger partial charge is 0.309 e. The molecule has 0 spiro atoms. The lowest BCUT2D eigenvalue weighted by molar-refractivity contribution is 1.17. The topological polar surface area (TPSA) is 13.1 Å². The van der Waals surface area contributed by atoms with Crippen molar-refractivity contribution in [1.29, 1.82) is 0 Å².